The number of methoxy groups -OCH3 is 2. The summed E-state index contributed by atoms with van der Waals surface area (Å²) in [5.41, 5.74) is 6.81. The number of ether oxygens (including phenoxy) is 5. The van der Waals surface area contributed by atoms with Crippen LogP contribution in [0.1, 0.15) is 33.4 Å². The monoisotopic (exact) mass is 1050 g/mol. The van der Waals surface area contributed by atoms with Gasteiger partial charge in [-0.05, 0) is 127 Å². The predicted octanol–water partition coefficient (Wildman–Crippen LogP) is 7.23. The van der Waals surface area contributed by atoms with Gasteiger partial charge in [0.1, 0.15) is 111 Å². The van der Waals surface area contributed by atoms with E-state index in [4.69, 9.17) is 23.7 Å². The molecule has 6 aromatic carbocycles. The zero-order chi connectivity index (χ0) is 53.9. The molecule has 0 saturated carbocycles. The second-order valence-corrected chi connectivity index (χ2v) is 18.1. The molecule has 18 heteroatoms. The summed E-state index contributed by atoms with van der Waals surface area (Å²) in [6.07, 6.45) is 12.6. The molecule has 77 heavy (non-hydrogen) atoms. The summed E-state index contributed by atoms with van der Waals surface area (Å²) in [6.45, 7) is 1.82. The van der Waals surface area contributed by atoms with Gasteiger partial charge in [-0.3, -0.25) is 0 Å². The van der Waals surface area contributed by atoms with E-state index in [9.17, 15) is 20.4 Å². The van der Waals surface area contributed by atoms with E-state index in [1.54, 1.807) is 78.0 Å². The third-order valence-electron chi connectivity index (χ3n) is 12.1. The van der Waals surface area contributed by atoms with E-state index in [1.165, 1.54) is 11.1 Å². The SMILES string of the molecule is COc1cccc(CCc2ccccc2OCC(O)Cn2cnnc2)c1.COc1cccc(CCc2ccccc2OC[C@H](O)Cn2cnnc2)c1.Oc1cccc(CCc2ccccc2OC[C@@H](O)Cn2cnnc2)c1. The Bertz CT molecular complexity index is 2910. The molecule has 0 fully saturated rings. The number of hydrogen-bond acceptors (Lipinski definition) is 15. The van der Waals surface area contributed by atoms with Crippen molar-refractivity contribution in [1.82, 2.24) is 44.3 Å². The molecule has 1 unspecified atom stereocenters. The molecule has 3 heterocycles. The van der Waals surface area contributed by atoms with Crippen LogP contribution in [0.4, 0.5) is 0 Å². The van der Waals surface area contributed by atoms with Crippen LogP contribution in [0.3, 0.4) is 0 Å². The first kappa shape index (κ1) is 56.2. The average Bonchev–Trinajstić information content (AvgIpc) is 4.30. The van der Waals surface area contributed by atoms with Gasteiger partial charge in [-0.25, -0.2) is 0 Å². The summed E-state index contributed by atoms with van der Waals surface area (Å²) < 4.78 is 33.2. The van der Waals surface area contributed by atoms with Crippen molar-refractivity contribution in [2.45, 2.75) is 76.5 Å². The van der Waals surface area contributed by atoms with Gasteiger partial charge in [0.25, 0.3) is 0 Å². The lowest BCUT2D eigenvalue weighted by Crippen LogP contribution is -2.23. The number of nitrogens with zero attached hydrogens (tertiary/aromatic N) is 9. The molecule has 0 saturated heterocycles. The van der Waals surface area contributed by atoms with Gasteiger partial charge in [-0.15, -0.1) is 30.6 Å². The molecule has 18 nitrogen and oxygen atoms in total. The van der Waals surface area contributed by atoms with Crippen LogP contribution in [-0.2, 0) is 58.2 Å². The van der Waals surface area contributed by atoms with Gasteiger partial charge in [0.05, 0.1) is 33.9 Å². The van der Waals surface area contributed by atoms with Crippen LogP contribution in [0.2, 0.25) is 0 Å². The number of phenolic OH excluding ortho intramolecular Hbond substituents is 1. The Morgan fingerprint density at radius 1 is 0.377 bits per heavy atom. The molecule has 0 amide bonds. The molecule has 402 valence electrons. The molecule has 0 spiro atoms. The standard InChI is InChI=1S/2C20H23N3O3.C19H21N3O3/c2*1-25-19-7-4-5-16(11-19)9-10-17-6-2-3-8-20(17)26-13-18(24)12-23-14-21-22-15-23;23-17-6-3-4-15(10-17)8-9-16-5-1-2-7-19(16)25-12-18(24)11-22-13-20-21-14-22/h2*2-8,11,14-15,18,24H,9-10,12-13H2,1H3;1-7,10,13-14,18,23-24H,8-9,11-12H2/t18-;;18-/m1.0/s1. The van der Waals surface area contributed by atoms with Crippen LogP contribution in [0.25, 0.3) is 0 Å². The number of aromatic hydroxyl groups is 1. The van der Waals surface area contributed by atoms with Crippen molar-refractivity contribution in [3.8, 4) is 34.5 Å². The van der Waals surface area contributed by atoms with E-state index in [2.05, 4.69) is 54.9 Å². The average molecular weight is 1050 g/mol. The summed E-state index contributed by atoms with van der Waals surface area (Å²) in [5.74, 6) is 4.38. The van der Waals surface area contributed by atoms with Crippen molar-refractivity contribution in [2.24, 2.45) is 0 Å². The lowest BCUT2D eigenvalue weighted by Gasteiger charge is -2.15. The van der Waals surface area contributed by atoms with E-state index in [0.29, 0.717) is 19.6 Å². The van der Waals surface area contributed by atoms with Crippen LogP contribution in [-0.4, -0.2) is 117 Å². The number of hydrogen-bond donors (Lipinski definition) is 4. The minimum absolute atomic E-state index is 0.196. The summed E-state index contributed by atoms with van der Waals surface area (Å²) in [5, 5.41) is 62.2. The highest BCUT2D eigenvalue weighted by atomic mass is 16.5. The Morgan fingerprint density at radius 2 is 0.688 bits per heavy atom. The minimum atomic E-state index is -0.643. The van der Waals surface area contributed by atoms with Crippen LogP contribution >= 0.6 is 0 Å². The number of aliphatic hydroxyl groups excluding tert-OH is 3. The minimum Gasteiger partial charge on any atom is -0.508 e. The molecule has 0 bridgehead atoms. The Hall–Kier alpha value is -8.58. The Morgan fingerprint density at radius 3 is 1.01 bits per heavy atom. The maximum Gasteiger partial charge on any atom is 0.122 e. The van der Waals surface area contributed by atoms with Crippen LogP contribution in [0.5, 0.6) is 34.5 Å². The van der Waals surface area contributed by atoms with Crippen molar-refractivity contribution in [1.29, 1.82) is 0 Å². The van der Waals surface area contributed by atoms with Gasteiger partial charge >= 0.3 is 0 Å². The number of aromatic nitrogens is 9. The van der Waals surface area contributed by atoms with Gasteiger partial charge in [0.2, 0.25) is 0 Å². The highest BCUT2D eigenvalue weighted by Gasteiger charge is 2.13. The zero-order valence-corrected chi connectivity index (χ0v) is 43.4. The third-order valence-corrected chi connectivity index (χ3v) is 12.1. The summed E-state index contributed by atoms with van der Waals surface area (Å²) >= 11 is 0. The molecular weight excluding hydrogens is 979 g/mol. The first-order chi connectivity index (χ1) is 37.7. The second kappa shape index (κ2) is 30.7. The van der Waals surface area contributed by atoms with Crippen molar-refractivity contribution >= 4 is 0 Å². The van der Waals surface area contributed by atoms with Crippen molar-refractivity contribution in [3.63, 3.8) is 0 Å². The van der Waals surface area contributed by atoms with Gasteiger partial charge in [-0.1, -0.05) is 91.0 Å². The molecule has 0 radical (unpaired) electrons. The largest absolute Gasteiger partial charge is 0.508 e. The van der Waals surface area contributed by atoms with E-state index < -0.39 is 18.3 Å². The highest BCUT2D eigenvalue weighted by molar-refractivity contribution is 5.38. The van der Waals surface area contributed by atoms with E-state index in [0.717, 1.165) is 89.5 Å². The number of aliphatic hydroxyl groups is 3. The summed E-state index contributed by atoms with van der Waals surface area (Å²) in [6, 6.07) is 47.1. The predicted molar refractivity (Wildman–Crippen MR) is 290 cm³/mol. The zero-order valence-electron chi connectivity index (χ0n) is 43.4. The second-order valence-electron chi connectivity index (χ2n) is 18.1. The summed E-state index contributed by atoms with van der Waals surface area (Å²) in [7, 11) is 3.35. The van der Waals surface area contributed by atoms with Gasteiger partial charge < -0.3 is 57.8 Å². The molecule has 3 aromatic heterocycles. The van der Waals surface area contributed by atoms with Crippen molar-refractivity contribution < 1.29 is 44.1 Å². The van der Waals surface area contributed by atoms with Crippen molar-refractivity contribution in [2.75, 3.05) is 34.0 Å². The molecule has 0 aliphatic heterocycles. The number of benzene rings is 6. The Balaban J connectivity index is 0.000000168. The number of para-hydroxylation sites is 3. The quantitative estimate of drug-likeness (QED) is 0.0420. The molecule has 9 rings (SSSR count). The van der Waals surface area contributed by atoms with Crippen LogP contribution in [0.15, 0.2) is 184 Å². The van der Waals surface area contributed by atoms with Crippen molar-refractivity contribution in [3.05, 3.63) is 217 Å². The molecule has 0 aliphatic carbocycles. The number of aryl methyl sites for hydroxylation is 6. The van der Waals surface area contributed by atoms with Gasteiger partial charge in [0.15, 0.2) is 0 Å². The fourth-order valence-corrected chi connectivity index (χ4v) is 8.15. The smallest absolute Gasteiger partial charge is 0.122 e. The topological polar surface area (TPSA) is 219 Å². The highest BCUT2D eigenvalue weighted by Crippen LogP contribution is 2.25. The Labute approximate surface area is 448 Å². The van der Waals surface area contributed by atoms with Crippen LogP contribution in [0, 0.1) is 0 Å². The summed E-state index contributed by atoms with van der Waals surface area (Å²) in [4.78, 5) is 0. The number of phenols is 1. The molecule has 9 aromatic rings. The molecule has 4 N–H and O–H groups in total. The van der Waals surface area contributed by atoms with E-state index in [1.807, 2.05) is 109 Å². The lowest BCUT2D eigenvalue weighted by atomic mass is 10.0. The normalized spacial score (nSPS) is 12.0. The fraction of sp³-hybridized carbons (Fsp3) is 0.288. The molecule has 0 aliphatic rings. The van der Waals surface area contributed by atoms with E-state index in [-0.39, 0.29) is 25.6 Å². The maximum atomic E-state index is 10.1. The molecule has 3 atom stereocenters. The first-order valence-corrected chi connectivity index (χ1v) is 25.4. The fourth-order valence-electron chi connectivity index (χ4n) is 8.15. The van der Waals surface area contributed by atoms with Crippen LogP contribution < -0.4 is 23.7 Å². The lowest BCUT2D eigenvalue weighted by molar-refractivity contribution is 0.0918. The molecular formula is C59H67N9O9. The Kier molecular flexibility index (Phi) is 22.4. The van der Waals surface area contributed by atoms with Gasteiger partial charge in [-0.2, -0.15) is 0 Å². The third kappa shape index (κ3) is 19.6. The maximum absolute atomic E-state index is 10.1. The number of rotatable bonds is 26. The first-order valence-electron chi connectivity index (χ1n) is 25.4. The van der Waals surface area contributed by atoms with E-state index >= 15 is 0 Å². The van der Waals surface area contributed by atoms with Gasteiger partial charge in [0, 0.05) is 0 Å².